The summed E-state index contributed by atoms with van der Waals surface area (Å²) in [6, 6.07) is 8.55. The van der Waals surface area contributed by atoms with E-state index < -0.39 is 0 Å². The zero-order chi connectivity index (χ0) is 14.8. The Balaban J connectivity index is 1.68. The maximum atomic E-state index is 12.0. The van der Waals surface area contributed by atoms with Gasteiger partial charge in [-0.2, -0.15) is 0 Å². The van der Waals surface area contributed by atoms with Crippen molar-refractivity contribution < 1.29 is 0 Å². The van der Waals surface area contributed by atoms with Crippen molar-refractivity contribution in [2.24, 2.45) is 7.05 Å². The monoisotopic (exact) mass is 348 g/mol. The molecule has 0 amide bonds. The number of hydrogen-bond donors (Lipinski definition) is 1. The standard InChI is InChI=1S/C15H17BrN4O/c1-19-9-7-17-14(15(19)21)18-12-6-8-20(10-12)13-4-2-11(16)3-5-13/h2-5,7,9,12H,6,8,10H2,1H3,(H,17,18)/t12-/m0/s1. The number of aromatic nitrogens is 2. The minimum absolute atomic E-state index is 0.0837. The summed E-state index contributed by atoms with van der Waals surface area (Å²) in [5.41, 5.74) is 1.12. The highest BCUT2D eigenvalue weighted by Gasteiger charge is 2.23. The molecule has 2 heterocycles. The van der Waals surface area contributed by atoms with Crippen LogP contribution in [-0.4, -0.2) is 28.7 Å². The second kappa shape index (κ2) is 5.89. The van der Waals surface area contributed by atoms with E-state index in [0.717, 1.165) is 24.0 Å². The van der Waals surface area contributed by atoms with Crippen LogP contribution in [0.4, 0.5) is 11.5 Å². The molecule has 0 unspecified atom stereocenters. The number of nitrogens with one attached hydrogen (secondary N) is 1. The fourth-order valence-corrected chi connectivity index (χ4v) is 2.82. The van der Waals surface area contributed by atoms with Crippen LogP contribution in [0, 0.1) is 0 Å². The van der Waals surface area contributed by atoms with Gasteiger partial charge < -0.3 is 14.8 Å². The van der Waals surface area contributed by atoms with Crippen molar-refractivity contribution in [2.75, 3.05) is 23.3 Å². The molecule has 0 bridgehead atoms. The molecular formula is C15H17BrN4O. The maximum Gasteiger partial charge on any atom is 0.293 e. The number of rotatable bonds is 3. The molecule has 21 heavy (non-hydrogen) atoms. The lowest BCUT2D eigenvalue weighted by Crippen LogP contribution is -2.30. The fraction of sp³-hybridized carbons (Fsp3) is 0.333. The number of halogens is 1. The molecule has 1 atom stereocenters. The van der Waals surface area contributed by atoms with Gasteiger partial charge in [0.15, 0.2) is 5.82 Å². The van der Waals surface area contributed by atoms with Crippen molar-refractivity contribution in [3.63, 3.8) is 0 Å². The largest absolute Gasteiger partial charge is 0.369 e. The van der Waals surface area contributed by atoms with E-state index in [2.05, 4.69) is 43.3 Å². The summed E-state index contributed by atoms with van der Waals surface area (Å²) in [5.74, 6) is 0.433. The van der Waals surface area contributed by atoms with E-state index in [1.165, 1.54) is 10.3 Å². The van der Waals surface area contributed by atoms with Crippen molar-refractivity contribution in [3.05, 3.63) is 51.5 Å². The van der Waals surface area contributed by atoms with Gasteiger partial charge in [-0.05, 0) is 30.7 Å². The molecule has 0 aliphatic carbocycles. The molecule has 1 saturated heterocycles. The van der Waals surface area contributed by atoms with Crippen LogP contribution in [0.1, 0.15) is 6.42 Å². The highest BCUT2D eigenvalue weighted by molar-refractivity contribution is 9.10. The first kappa shape index (κ1) is 14.1. The van der Waals surface area contributed by atoms with Crippen molar-refractivity contribution in [1.29, 1.82) is 0 Å². The minimum atomic E-state index is -0.0837. The Morgan fingerprint density at radius 1 is 1.33 bits per heavy atom. The quantitative estimate of drug-likeness (QED) is 0.923. The van der Waals surface area contributed by atoms with E-state index in [0.29, 0.717) is 5.82 Å². The van der Waals surface area contributed by atoms with Gasteiger partial charge >= 0.3 is 0 Å². The summed E-state index contributed by atoms with van der Waals surface area (Å²) >= 11 is 3.45. The lowest BCUT2D eigenvalue weighted by molar-refractivity contribution is 0.778. The molecule has 5 nitrogen and oxygen atoms in total. The summed E-state index contributed by atoms with van der Waals surface area (Å²) < 4.78 is 2.62. The lowest BCUT2D eigenvalue weighted by Gasteiger charge is -2.19. The van der Waals surface area contributed by atoms with Gasteiger partial charge in [0.1, 0.15) is 0 Å². The van der Waals surface area contributed by atoms with Crippen molar-refractivity contribution in [1.82, 2.24) is 9.55 Å². The Morgan fingerprint density at radius 2 is 2.10 bits per heavy atom. The van der Waals surface area contributed by atoms with Crippen LogP contribution in [0.15, 0.2) is 45.9 Å². The zero-order valence-electron chi connectivity index (χ0n) is 11.8. The van der Waals surface area contributed by atoms with Gasteiger partial charge in [-0.1, -0.05) is 15.9 Å². The van der Waals surface area contributed by atoms with E-state index in [4.69, 9.17) is 0 Å². The average Bonchev–Trinajstić information content (AvgIpc) is 2.93. The third-order valence-electron chi connectivity index (χ3n) is 3.74. The van der Waals surface area contributed by atoms with E-state index in [1.807, 2.05) is 12.1 Å². The van der Waals surface area contributed by atoms with Crippen LogP contribution in [0.2, 0.25) is 0 Å². The van der Waals surface area contributed by atoms with Gasteiger partial charge in [0, 0.05) is 48.7 Å². The van der Waals surface area contributed by atoms with Gasteiger partial charge in [0.05, 0.1) is 0 Å². The normalized spacial score (nSPS) is 18.0. The second-order valence-electron chi connectivity index (χ2n) is 5.24. The van der Waals surface area contributed by atoms with E-state index in [1.54, 1.807) is 19.4 Å². The molecule has 1 aliphatic heterocycles. The average molecular weight is 349 g/mol. The van der Waals surface area contributed by atoms with Crippen LogP contribution in [0.3, 0.4) is 0 Å². The summed E-state index contributed by atoms with van der Waals surface area (Å²) in [4.78, 5) is 18.4. The number of anilines is 2. The summed E-state index contributed by atoms with van der Waals surface area (Å²) in [7, 11) is 1.73. The highest BCUT2D eigenvalue weighted by atomic mass is 79.9. The van der Waals surface area contributed by atoms with Crippen LogP contribution in [0.25, 0.3) is 0 Å². The fourth-order valence-electron chi connectivity index (χ4n) is 2.55. The first-order valence-corrected chi connectivity index (χ1v) is 7.71. The van der Waals surface area contributed by atoms with Crippen LogP contribution >= 0.6 is 15.9 Å². The van der Waals surface area contributed by atoms with E-state index in [-0.39, 0.29) is 11.6 Å². The van der Waals surface area contributed by atoms with Crippen LogP contribution in [-0.2, 0) is 7.05 Å². The Bertz CT molecular complexity index is 683. The van der Waals surface area contributed by atoms with Gasteiger partial charge in [-0.25, -0.2) is 4.98 Å². The predicted molar refractivity (Wildman–Crippen MR) is 87.9 cm³/mol. The maximum absolute atomic E-state index is 12.0. The van der Waals surface area contributed by atoms with E-state index >= 15 is 0 Å². The second-order valence-corrected chi connectivity index (χ2v) is 6.16. The molecule has 1 aliphatic rings. The third-order valence-corrected chi connectivity index (χ3v) is 4.27. The molecule has 1 N–H and O–H groups in total. The Hall–Kier alpha value is -1.82. The van der Waals surface area contributed by atoms with Gasteiger partial charge in [0.25, 0.3) is 5.56 Å². The lowest BCUT2D eigenvalue weighted by atomic mass is 10.2. The molecule has 0 saturated carbocycles. The predicted octanol–water partition coefficient (Wildman–Crippen LogP) is 2.23. The Labute approximate surface area is 131 Å². The van der Waals surface area contributed by atoms with Gasteiger partial charge in [0.2, 0.25) is 0 Å². The molecular weight excluding hydrogens is 332 g/mol. The van der Waals surface area contributed by atoms with E-state index in [9.17, 15) is 4.79 Å². The zero-order valence-corrected chi connectivity index (χ0v) is 13.4. The smallest absolute Gasteiger partial charge is 0.293 e. The summed E-state index contributed by atoms with van der Waals surface area (Å²) in [5, 5.41) is 3.27. The number of nitrogens with zero attached hydrogens (tertiary/aromatic N) is 3. The first-order chi connectivity index (χ1) is 10.1. The Kier molecular flexibility index (Phi) is 3.96. The molecule has 0 radical (unpaired) electrons. The molecule has 0 spiro atoms. The number of aryl methyl sites for hydroxylation is 1. The highest BCUT2D eigenvalue weighted by Crippen LogP contribution is 2.23. The van der Waals surface area contributed by atoms with Crippen molar-refractivity contribution >= 4 is 27.4 Å². The molecule has 1 aromatic heterocycles. The minimum Gasteiger partial charge on any atom is -0.369 e. The molecule has 2 aromatic rings. The molecule has 1 aromatic carbocycles. The topological polar surface area (TPSA) is 50.2 Å². The van der Waals surface area contributed by atoms with Crippen LogP contribution < -0.4 is 15.8 Å². The Morgan fingerprint density at radius 3 is 2.86 bits per heavy atom. The third kappa shape index (κ3) is 3.10. The van der Waals surface area contributed by atoms with Crippen LogP contribution in [0.5, 0.6) is 0 Å². The van der Waals surface area contributed by atoms with Crippen molar-refractivity contribution in [2.45, 2.75) is 12.5 Å². The van der Waals surface area contributed by atoms with Crippen molar-refractivity contribution in [3.8, 4) is 0 Å². The SMILES string of the molecule is Cn1ccnc(N[C@H]2CCN(c3ccc(Br)cc3)C2)c1=O. The van der Waals surface area contributed by atoms with Gasteiger partial charge in [-0.15, -0.1) is 0 Å². The number of hydrogen-bond acceptors (Lipinski definition) is 4. The summed E-state index contributed by atoms with van der Waals surface area (Å²) in [6.07, 6.45) is 4.30. The first-order valence-electron chi connectivity index (χ1n) is 6.92. The molecule has 1 fully saturated rings. The molecule has 3 rings (SSSR count). The molecule has 6 heteroatoms. The summed E-state index contributed by atoms with van der Waals surface area (Å²) in [6.45, 7) is 1.85. The molecule has 110 valence electrons. The number of benzene rings is 1. The van der Waals surface area contributed by atoms with Gasteiger partial charge in [-0.3, -0.25) is 4.79 Å².